The number of benzene rings is 1. The molecular weight excluding hydrogens is 325 g/mol. The van der Waals surface area contributed by atoms with E-state index in [0.717, 1.165) is 38.1 Å². The minimum atomic E-state index is -1.21. The molecule has 1 aromatic carbocycles. The van der Waals surface area contributed by atoms with Crippen molar-refractivity contribution in [3.8, 4) is 0 Å². The van der Waals surface area contributed by atoms with Crippen molar-refractivity contribution in [1.29, 1.82) is 0 Å². The van der Waals surface area contributed by atoms with Crippen molar-refractivity contribution < 1.29 is 19.1 Å². The van der Waals surface area contributed by atoms with Crippen molar-refractivity contribution >= 4 is 11.9 Å². The highest BCUT2D eigenvalue weighted by Gasteiger charge is 2.30. The monoisotopic (exact) mass is 343 g/mol. The maximum Gasteiger partial charge on any atom is 0.356 e. The zero-order chi connectivity index (χ0) is 17.8. The molecule has 2 N–H and O–H groups in total. The first-order chi connectivity index (χ1) is 12.1. The minimum absolute atomic E-state index is 0.00402. The molecule has 0 radical (unpaired) electrons. The molecule has 1 atom stereocenters. The van der Waals surface area contributed by atoms with Crippen LogP contribution in [0.5, 0.6) is 0 Å². The molecule has 130 valence electrons. The van der Waals surface area contributed by atoms with Gasteiger partial charge in [0.25, 0.3) is 5.91 Å². The van der Waals surface area contributed by atoms with E-state index in [1.54, 1.807) is 18.2 Å². The number of carboxylic acid groups (broad SMARTS) is 1. The smallest absolute Gasteiger partial charge is 0.356 e. The molecule has 0 bridgehead atoms. The molecule has 1 aliphatic rings. The predicted octanol–water partition coefficient (Wildman–Crippen LogP) is 2.98. The van der Waals surface area contributed by atoms with Crippen LogP contribution in [0.2, 0.25) is 0 Å². The molecule has 1 aromatic heterocycles. The fourth-order valence-corrected chi connectivity index (χ4v) is 3.24. The summed E-state index contributed by atoms with van der Waals surface area (Å²) in [4.78, 5) is 30.8. The van der Waals surface area contributed by atoms with Gasteiger partial charge in [0.2, 0.25) is 0 Å². The SMILES string of the molecule is O=C(O)c1cnc(C(=O)NC(c2ccccc2F)C2CCCC2)cn1. The van der Waals surface area contributed by atoms with Crippen LogP contribution < -0.4 is 5.32 Å². The lowest BCUT2D eigenvalue weighted by Gasteiger charge is -2.25. The van der Waals surface area contributed by atoms with Crippen LogP contribution in [0.3, 0.4) is 0 Å². The average Bonchev–Trinajstić information content (AvgIpc) is 3.14. The molecule has 0 spiro atoms. The number of carboxylic acids is 1. The van der Waals surface area contributed by atoms with Crippen molar-refractivity contribution in [2.45, 2.75) is 31.7 Å². The lowest BCUT2D eigenvalue weighted by Crippen LogP contribution is -2.34. The second kappa shape index (κ2) is 7.38. The first-order valence-electron chi connectivity index (χ1n) is 8.17. The quantitative estimate of drug-likeness (QED) is 0.871. The number of carbonyl (C=O) groups excluding carboxylic acids is 1. The first kappa shape index (κ1) is 17.0. The van der Waals surface area contributed by atoms with Gasteiger partial charge in [-0.1, -0.05) is 31.0 Å². The third kappa shape index (κ3) is 3.81. The van der Waals surface area contributed by atoms with Gasteiger partial charge in [-0.05, 0) is 24.8 Å². The molecule has 1 heterocycles. The summed E-state index contributed by atoms with van der Waals surface area (Å²) in [6, 6.07) is 5.97. The Morgan fingerprint density at radius 3 is 2.36 bits per heavy atom. The van der Waals surface area contributed by atoms with Crippen LogP contribution in [0.1, 0.15) is 58.3 Å². The Kier molecular flexibility index (Phi) is 5.02. The number of halogens is 1. The van der Waals surface area contributed by atoms with Crippen LogP contribution in [0.25, 0.3) is 0 Å². The van der Waals surface area contributed by atoms with Crippen molar-refractivity contribution in [1.82, 2.24) is 15.3 Å². The number of aromatic carboxylic acids is 1. The Labute approximate surface area is 144 Å². The van der Waals surface area contributed by atoms with E-state index >= 15 is 0 Å². The Hall–Kier alpha value is -2.83. The fraction of sp³-hybridized carbons (Fsp3) is 0.333. The lowest BCUT2D eigenvalue weighted by atomic mass is 9.91. The summed E-state index contributed by atoms with van der Waals surface area (Å²) in [5.41, 5.74) is 0.222. The van der Waals surface area contributed by atoms with Crippen molar-refractivity contribution in [2.24, 2.45) is 5.92 Å². The van der Waals surface area contributed by atoms with Gasteiger partial charge < -0.3 is 10.4 Å². The summed E-state index contributed by atoms with van der Waals surface area (Å²) in [6.07, 6.45) is 6.10. The summed E-state index contributed by atoms with van der Waals surface area (Å²) < 4.78 is 14.2. The molecule has 1 aliphatic carbocycles. The molecule has 7 heteroatoms. The third-order valence-corrected chi connectivity index (χ3v) is 4.50. The van der Waals surface area contributed by atoms with Gasteiger partial charge >= 0.3 is 5.97 Å². The molecule has 1 unspecified atom stereocenters. The molecule has 1 amide bonds. The average molecular weight is 343 g/mol. The number of nitrogens with zero attached hydrogens (tertiary/aromatic N) is 2. The molecule has 6 nitrogen and oxygen atoms in total. The Morgan fingerprint density at radius 2 is 1.76 bits per heavy atom. The fourth-order valence-electron chi connectivity index (χ4n) is 3.24. The standard InChI is InChI=1S/C18H18FN3O3/c19-13-8-4-3-7-12(13)16(11-5-1-2-6-11)22-17(23)14-9-21-15(10-20-14)18(24)25/h3-4,7-11,16H,1-2,5-6H2,(H,22,23)(H,24,25). The number of nitrogens with one attached hydrogen (secondary N) is 1. The Balaban J connectivity index is 1.83. The first-order valence-corrected chi connectivity index (χ1v) is 8.17. The van der Waals surface area contributed by atoms with Gasteiger partial charge in [-0.25, -0.2) is 19.2 Å². The second-order valence-electron chi connectivity index (χ2n) is 6.11. The van der Waals surface area contributed by atoms with Gasteiger partial charge in [0, 0.05) is 5.56 Å². The van der Waals surface area contributed by atoms with Crippen molar-refractivity contribution in [2.75, 3.05) is 0 Å². The van der Waals surface area contributed by atoms with Crippen LogP contribution in [0, 0.1) is 11.7 Å². The Bertz CT molecular complexity index is 773. The number of amides is 1. The minimum Gasteiger partial charge on any atom is -0.476 e. The second-order valence-corrected chi connectivity index (χ2v) is 6.11. The number of carbonyl (C=O) groups is 2. The number of rotatable bonds is 5. The number of hydrogen-bond donors (Lipinski definition) is 2. The van der Waals surface area contributed by atoms with Gasteiger partial charge in [0.1, 0.15) is 11.5 Å². The largest absolute Gasteiger partial charge is 0.476 e. The molecule has 1 fully saturated rings. The number of hydrogen-bond acceptors (Lipinski definition) is 4. The van der Waals surface area contributed by atoms with E-state index in [4.69, 9.17) is 5.11 Å². The van der Waals surface area contributed by atoms with E-state index in [-0.39, 0.29) is 23.1 Å². The van der Waals surface area contributed by atoms with E-state index in [0.29, 0.717) is 5.56 Å². The molecular formula is C18H18FN3O3. The van der Waals surface area contributed by atoms with Crippen molar-refractivity contribution in [3.63, 3.8) is 0 Å². The van der Waals surface area contributed by atoms with Gasteiger partial charge in [0.05, 0.1) is 18.4 Å². The maximum absolute atomic E-state index is 14.2. The van der Waals surface area contributed by atoms with Crippen LogP contribution in [0.15, 0.2) is 36.7 Å². The summed E-state index contributed by atoms with van der Waals surface area (Å²) in [5, 5.41) is 11.7. The zero-order valence-corrected chi connectivity index (χ0v) is 13.5. The van der Waals surface area contributed by atoms with Gasteiger partial charge in [-0.3, -0.25) is 4.79 Å². The summed E-state index contributed by atoms with van der Waals surface area (Å²) in [5.74, 6) is -1.90. The molecule has 0 aliphatic heterocycles. The molecule has 1 saturated carbocycles. The summed E-state index contributed by atoms with van der Waals surface area (Å²) >= 11 is 0. The van der Waals surface area contributed by atoms with E-state index < -0.39 is 17.9 Å². The predicted molar refractivity (Wildman–Crippen MR) is 87.6 cm³/mol. The van der Waals surface area contributed by atoms with Gasteiger partial charge in [-0.2, -0.15) is 0 Å². The highest BCUT2D eigenvalue weighted by molar-refractivity contribution is 5.93. The van der Waals surface area contributed by atoms with E-state index in [1.165, 1.54) is 6.07 Å². The third-order valence-electron chi connectivity index (χ3n) is 4.50. The van der Waals surface area contributed by atoms with Crippen molar-refractivity contribution in [3.05, 3.63) is 59.4 Å². The van der Waals surface area contributed by atoms with Crippen LogP contribution in [-0.2, 0) is 0 Å². The molecule has 3 rings (SSSR count). The zero-order valence-electron chi connectivity index (χ0n) is 13.5. The normalized spacial score (nSPS) is 15.7. The topological polar surface area (TPSA) is 92.2 Å². The van der Waals surface area contributed by atoms with E-state index in [2.05, 4.69) is 15.3 Å². The number of aromatic nitrogens is 2. The van der Waals surface area contributed by atoms with Gasteiger partial charge in [0.15, 0.2) is 5.69 Å². The van der Waals surface area contributed by atoms with Crippen LogP contribution in [-0.4, -0.2) is 27.0 Å². The summed E-state index contributed by atoms with van der Waals surface area (Å²) in [7, 11) is 0. The highest BCUT2D eigenvalue weighted by atomic mass is 19.1. The maximum atomic E-state index is 14.2. The van der Waals surface area contributed by atoms with Gasteiger partial charge in [-0.15, -0.1) is 0 Å². The van der Waals surface area contributed by atoms with Crippen LogP contribution >= 0.6 is 0 Å². The molecule has 0 saturated heterocycles. The van der Waals surface area contributed by atoms with E-state index in [9.17, 15) is 14.0 Å². The van der Waals surface area contributed by atoms with E-state index in [1.807, 2.05) is 0 Å². The lowest BCUT2D eigenvalue weighted by molar-refractivity contribution is 0.0688. The molecule has 25 heavy (non-hydrogen) atoms. The van der Waals surface area contributed by atoms with Crippen LogP contribution in [0.4, 0.5) is 4.39 Å². The summed E-state index contributed by atoms with van der Waals surface area (Å²) in [6.45, 7) is 0. The Morgan fingerprint density at radius 1 is 1.12 bits per heavy atom. The highest BCUT2D eigenvalue weighted by Crippen LogP contribution is 2.36. The molecule has 2 aromatic rings.